The molecular weight excluding hydrogens is 274 g/mol. The van der Waals surface area contributed by atoms with Crippen LogP contribution in [0, 0.1) is 4.91 Å². The fourth-order valence-corrected chi connectivity index (χ4v) is 1.74. The van der Waals surface area contributed by atoms with Crippen molar-refractivity contribution < 1.29 is 4.79 Å². The largest absolute Gasteiger partial charge is 0.332 e. The van der Waals surface area contributed by atoms with E-state index in [2.05, 4.69) is 15.8 Å². The van der Waals surface area contributed by atoms with Gasteiger partial charge in [-0.1, -0.05) is 18.2 Å². The van der Waals surface area contributed by atoms with Gasteiger partial charge in [0.05, 0.1) is 0 Å². The number of hydrogen-bond acceptors (Lipinski definition) is 4. The first-order valence-electron chi connectivity index (χ1n) is 5.80. The lowest BCUT2D eigenvalue weighted by Gasteiger charge is -2.09. The molecule has 0 saturated heterocycles. The molecule has 6 heteroatoms. The Kier molecular flexibility index (Phi) is 4.52. The fraction of sp³-hybridized carbons (Fsp3) is 0. The summed E-state index contributed by atoms with van der Waals surface area (Å²) in [4.78, 5) is 22.1. The van der Waals surface area contributed by atoms with Crippen LogP contribution in [0.3, 0.4) is 0 Å². The molecule has 2 aromatic carbocycles. The Bertz CT molecular complexity index is 627. The highest BCUT2D eigenvalue weighted by molar-refractivity contribution is 7.80. The number of carbonyl (C=O) groups is 1. The summed E-state index contributed by atoms with van der Waals surface area (Å²) < 4.78 is 0. The van der Waals surface area contributed by atoms with Gasteiger partial charge >= 0.3 is 0 Å². The second kappa shape index (κ2) is 6.53. The summed E-state index contributed by atoms with van der Waals surface area (Å²) in [6.45, 7) is 0. The lowest BCUT2D eigenvalue weighted by molar-refractivity contribution is 0.0978. The molecule has 0 fully saturated rings. The standard InChI is InChI=1S/C14H11N3O2S/c18-13(10-4-2-1-3-5-10)16-14(20)15-11-6-8-12(17-19)9-7-11/h1-9H,(H2,15,16,18,20). The van der Waals surface area contributed by atoms with Crippen molar-refractivity contribution in [1.29, 1.82) is 0 Å². The van der Waals surface area contributed by atoms with Crippen LogP contribution in [0.15, 0.2) is 59.8 Å². The third-order valence-electron chi connectivity index (χ3n) is 2.49. The molecule has 1 amide bonds. The van der Waals surface area contributed by atoms with Crippen LogP contribution in [0.25, 0.3) is 0 Å². The molecular formula is C14H11N3O2S. The summed E-state index contributed by atoms with van der Waals surface area (Å²) in [5, 5.41) is 8.40. The van der Waals surface area contributed by atoms with Crippen LogP contribution in [-0.4, -0.2) is 11.0 Å². The van der Waals surface area contributed by atoms with Gasteiger partial charge in [-0.25, -0.2) is 0 Å². The van der Waals surface area contributed by atoms with Crippen LogP contribution < -0.4 is 10.6 Å². The molecule has 2 rings (SSSR count). The Morgan fingerprint density at radius 3 is 2.25 bits per heavy atom. The highest BCUT2D eigenvalue weighted by Gasteiger charge is 2.06. The average Bonchev–Trinajstić information content (AvgIpc) is 2.49. The minimum Gasteiger partial charge on any atom is -0.332 e. The predicted molar refractivity (Wildman–Crippen MR) is 82.0 cm³/mol. The number of nitrogens with one attached hydrogen (secondary N) is 2. The maximum Gasteiger partial charge on any atom is 0.257 e. The van der Waals surface area contributed by atoms with Crippen LogP contribution in [0.2, 0.25) is 0 Å². The molecule has 0 unspecified atom stereocenters. The van der Waals surface area contributed by atoms with Gasteiger partial charge in [0.1, 0.15) is 5.69 Å². The first-order valence-corrected chi connectivity index (χ1v) is 6.20. The minimum atomic E-state index is -0.283. The summed E-state index contributed by atoms with van der Waals surface area (Å²) >= 11 is 5.05. The SMILES string of the molecule is O=Nc1ccc(NC(=S)NC(=O)c2ccccc2)cc1. The van der Waals surface area contributed by atoms with Crippen LogP contribution in [0.4, 0.5) is 11.4 Å². The van der Waals surface area contributed by atoms with Crippen molar-refractivity contribution >= 4 is 34.6 Å². The van der Waals surface area contributed by atoms with E-state index < -0.39 is 0 Å². The second-order valence-electron chi connectivity index (χ2n) is 3.91. The lowest BCUT2D eigenvalue weighted by Crippen LogP contribution is -2.34. The number of carbonyl (C=O) groups excluding carboxylic acids is 1. The summed E-state index contributed by atoms with van der Waals surface area (Å²) in [5.74, 6) is -0.283. The van der Waals surface area contributed by atoms with E-state index in [-0.39, 0.29) is 11.0 Å². The maximum absolute atomic E-state index is 11.9. The van der Waals surface area contributed by atoms with E-state index in [1.165, 1.54) is 0 Å². The third-order valence-corrected chi connectivity index (χ3v) is 2.70. The van der Waals surface area contributed by atoms with E-state index in [1.54, 1.807) is 48.5 Å². The highest BCUT2D eigenvalue weighted by Crippen LogP contribution is 2.15. The molecule has 0 aliphatic carbocycles. The number of amides is 1. The number of thiocarbonyl (C=S) groups is 1. The van der Waals surface area contributed by atoms with Gasteiger partial charge in [-0.3, -0.25) is 10.1 Å². The fourth-order valence-electron chi connectivity index (χ4n) is 1.53. The van der Waals surface area contributed by atoms with Crippen molar-refractivity contribution in [3.63, 3.8) is 0 Å². The zero-order valence-electron chi connectivity index (χ0n) is 10.4. The summed E-state index contributed by atoms with van der Waals surface area (Å²) in [5.41, 5.74) is 1.52. The Labute approximate surface area is 121 Å². The van der Waals surface area contributed by atoms with Crippen LogP contribution >= 0.6 is 12.2 Å². The molecule has 5 nitrogen and oxygen atoms in total. The summed E-state index contributed by atoms with van der Waals surface area (Å²) in [7, 11) is 0. The van der Waals surface area contributed by atoms with E-state index >= 15 is 0 Å². The van der Waals surface area contributed by atoms with Gasteiger partial charge in [0.2, 0.25) is 0 Å². The zero-order chi connectivity index (χ0) is 14.4. The molecule has 20 heavy (non-hydrogen) atoms. The number of benzene rings is 2. The molecule has 0 radical (unpaired) electrons. The van der Waals surface area contributed by atoms with Crippen molar-refractivity contribution in [2.45, 2.75) is 0 Å². The predicted octanol–water partition coefficient (Wildman–Crippen LogP) is 3.21. The molecule has 0 aliphatic heterocycles. The number of rotatable bonds is 3. The molecule has 0 heterocycles. The quantitative estimate of drug-likeness (QED) is 0.671. The van der Waals surface area contributed by atoms with Gasteiger partial charge in [-0.05, 0) is 53.8 Å². The van der Waals surface area contributed by atoms with Gasteiger partial charge in [-0.2, -0.15) is 0 Å². The minimum absolute atomic E-state index is 0.186. The maximum atomic E-state index is 11.9. The van der Waals surface area contributed by atoms with E-state index in [1.807, 2.05) is 6.07 Å². The molecule has 0 bridgehead atoms. The van der Waals surface area contributed by atoms with Crippen molar-refractivity contribution in [3.05, 3.63) is 65.1 Å². The molecule has 0 aromatic heterocycles. The number of nitroso groups, excluding NO2 is 1. The van der Waals surface area contributed by atoms with Crippen LogP contribution in [0.5, 0.6) is 0 Å². The molecule has 100 valence electrons. The Morgan fingerprint density at radius 2 is 1.65 bits per heavy atom. The monoisotopic (exact) mass is 285 g/mol. The van der Waals surface area contributed by atoms with Crippen LogP contribution in [-0.2, 0) is 0 Å². The zero-order valence-corrected chi connectivity index (χ0v) is 11.2. The van der Waals surface area contributed by atoms with Gasteiger partial charge in [-0.15, -0.1) is 4.91 Å². The summed E-state index contributed by atoms with van der Waals surface area (Å²) in [6, 6.07) is 15.2. The molecule has 0 saturated carbocycles. The lowest BCUT2D eigenvalue weighted by atomic mass is 10.2. The van der Waals surface area contributed by atoms with Crippen LogP contribution in [0.1, 0.15) is 10.4 Å². The Morgan fingerprint density at radius 1 is 1.00 bits per heavy atom. The molecule has 2 N–H and O–H groups in total. The average molecular weight is 285 g/mol. The molecule has 0 aliphatic rings. The number of hydrogen-bond donors (Lipinski definition) is 2. The van der Waals surface area contributed by atoms with Gasteiger partial charge in [0.15, 0.2) is 5.11 Å². The topological polar surface area (TPSA) is 70.6 Å². The molecule has 2 aromatic rings. The van der Waals surface area contributed by atoms with Crippen molar-refractivity contribution in [3.8, 4) is 0 Å². The van der Waals surface area contributed by atoms with Gasteiger partial charge in [0.25, 0.3) is 5.91 Å². The van der Waals surface area contributed by atoms with Gasteiger partial charge < -0.3 is 5.32 Å². The second-order valence-corrected chi connectivity index (χ2v) is 4.32. The van der Waals surface area contributed by atoms with Crippen molar-refractivity contribution in [2.75, 3.05) is 5.32 Å². The normalized spacial score (nSPS) is 9.60. The first kappa shape index (κ1) is 13.8. The van der Waals surface area contributed by atoms with E-state index in [4.69, 9.17) is 12.2 Å². The number of nitrogens with zero attached hydrogens (tertiary/aromatic N) is 1. The third kappa shape index (κ3) is 3.69. The molecule has 0 atom stereocenters. The van der Waals surface area contributed by atoms with E-state index in [9.17, 15) is 9.70 Å². The van der Waals surface area contributed by atoms with E-state index in [0.717, 1.165) is 0 Å². The summed E-state index contributed by atoms with van der Waals surface area (Å²) in [6.07, 6.45) is 0. The first-order chi connectivity index (χ1) is 9.69. The smallest absolute Gasteiger partial charge is 0.257 e. The van der Waals surface area contributed by atoms with Crippen molar-refractivity contribution in [2.24, 2.45) is 5.18 Å². The molecule has 0 spiro atoms. The Balaban J connectivity index is 1.95. The van der Waals surface area contributed by atoms with E-state index in [0.29, 0.717) is 16.9 Å². The van der Waals surface area contributed by atoms with Crippen molar-refractivity contribution in [1.82, 2.24) is 5.32 Å². The van der Waals surface area contributed by atoms with Gasteiger partial charge in [0, 0.05) is 11.3 Å². The Hall–Kier alpha value is -2.60. The number of anilines is 1. The highest BCUT2D eigenvalue weighted by atomic mass is 32.1.